The van der Waals surface area contributed by atoms with Gasteiger partial charge in [0, 0.05) is 24.7 Å². The quantitative estimate of drug-likeness (QED) is 0.655. The maximum absolute atomic E-state index is 5.39. The topological polar surface area (TPSA) is 63.2 Å². The van der Waals surface area contributed by atoms with Gasteiger partial charge in [0.1, 0.15) is 5.75 Å². The second kappa shape index (κ2) is 8.98. The Morgan fingerprint density at radius 1 is 1.04 bits per heavy atom. The fourth-order valence-corrected chi connectivity index (χ4v) is 2.84. The number of hydrogen-bond acceptors (Lipinski definition) is 6. The summed E-state index contributed by atoms with van der Waals surface area (Å²) < 4.78 is 5.39. The van der Waals surface area contributed by atoms with Gasteiger partial charge in [-0.3, -0.25) is 0 Å². The molecular formula is C21H25N5O. The van der Waals surface area contributed by atoms with E-state index < -0.39 is 0 Å². The third kappa shape index (κ3) is 4.94. The number of aromatic nitrogens is 3. The predicted molar refractivity (Wildman–Crippen MR) is 108 cm³/mol. The van der Waals surface area contributed by atoms with E-state index in [1.54, 1.807) is 13.3 Å². The first-order valence-electron chi connectivity index (χ1n) is 9.03. The molecule has 6 nitrogen and oxygen atoms in total. The molecule has 2 aromatic carbocycles. The highest BCUT2D eigenvalue weighted by Crippen LogP contribution is 2.20. The summed E-state index contributed by atoms with van der Waals surface area (Å²) in [5.41, 5.74) is 2.27. The minimum atomic E-state index is 0.281. The monoisotopic (exact) mass is 363 g/mol. The number of benzene rings is 2. The van der Waals surface area contributed by atoms with Crippen molar-refractivity contribution in [2.24, 2.45) is 0 Å². The summed E-state index contributed by atoms with van der Waals surface area (Å²) in [5, 5.41) is 11.5. The van der Waals surface area contributed by atoms with Gasteiger partial charge in [0.05, 0.1) is 13.3 Å². The molecule has 0 spiro atoms. The fourth-order valence-electron chi connectivity index (χ4n) is 2.84. The summed E-state index contributed by atoms with van der Waals surface area (Å²) in [6, 6.07) is 18.5. The number of ether oxygens (including phenoxy) is 1. The summed E-state index contributed by atoms with van der Waals surface area (Å²) in [6.07, 6.45) is 1.71. The third-order valence-electron chi connectivity index (χ3n) is 4.29. The molecule has 1 heterocycles. The summed E-state index contributed by atoms with van der Waals surface area (Å²) in [7, 11) is 1.67. The highest BCUT2D eigenvalue weighted by atomic mass is 16.5. The van der Waals surface area contributed by atoms with Crippen molar-refractivity contribution in [1.82, 2.24) is 15.2 Å². The molecule has 0 unspecified atom stereocenters. The van der Waals surface area contributed by atoms with Crippen LogP contribution in [0.5, 0.6) is 5.75 Å². The van der Waals surface area contributed by atoms with Gasteiger partial charge in [-0.15, -0.1) is 5.10 Å². The van der Waals surface area contributed by atoms with Gasteiger partial charge < -0.3 is 15.0 Å². The Balaban J connectivity index is 1.75. The van der Waals surface area contributed by atoms with Crippen LogP contribution in [0.15, 0.2) is 60.8 Å². The Morgan fingerprint density at radius 3 is 2.52 bits per heavy atom. The SMILES string of the molecule is COc1ccccc1CNc1nncc(N(Cc2ccccc2)C(C)C)n1. The number of anilines is 2. The lowest BCUT2D eigenvalue weighted by Crippen LogP contribution is -2.31. The van der Waals surface area contributed by atoms with Crippen LogP contribution in [0.2, 0.25) is 0 Å². The van der Waals surface area contributed by atoms with E-state index in [4.69, 9.17) is 4.74 Å². The van der Waals surface area contributed by atoms with Crippen molar-refractivity contribution < 1.29 is 4.74 Å². The van der Waals surface area contributed by atoms with Crippen LogP contribution in [0, 0.1) is 0 Å². The zero-order valence-electron chi connectivity index (χ0n) is 16.0. The van der Waals surface area contributed by atoms with Gasteiger partial charge in [0.25, 0.3) is 0 Å². The standard InChI is InChI=1S/C21H25N5O/c1-16(2)26(15-17-9-5-4-6-10-17)20-14-23-25-21(24-20)22-13-18-11-7-8-12-19(18)27-3/h4-12,14,16H,13,15H2,1-3H3,(H,22,24,25). The highest BCUT2D eigenvalue weighted by molar-refractivity contribution is 5.43. The molecule has 0 radical (unpaired) electrons. The molecule has 1 N–H and O–H groups in total. The van der Waals surface area contributed by atoms with Crippen LogP contribution >= 0.6 is 0 Å². The first-order chi connectivity index (χ1) is 13.2. The van der Waals surface area contributed by atoms with Gasteiger partial charge in [0.2, 0.25) is 5.95 Å². The summed E-state index contributed by atoms with van der Waals surface area (Å²) >= 11 is 0. The molecule has 0 saturated carbocycles. The second-order valence-electron chi connectivity index (χ2n) is 6.51. The molecule has 0 aliphatic carbocycles. The van der Waals surface area contributed by atoms with Crippen molar-refractivity contribution in [3.05, 3.63) is 71.9 Å². The second-order valence-corrected chi connectivity index (χ2v) is 6.51. The Bertz CT molecular complexity index is 854. The number of methoxy groups -OCH3 is 1. The lowest BCUT2D eigenvalue weighted by atomic mass is 10.2. The van der Waals surface area contributed by atoms with Crippen molar-refractivity contribution in [2.45, 2.75) is 33.0 Å². The van der Waals surface area contributed by atoms with Crippen LogP contribution in [0.3, 0.4) is 0 Å². The molecule has 0 amide bonds. The maximum Gasteiger partial charge on any atom is 0.244 e. The van der Waals surface area contributed by atoms with Crippen LogP contribution < -0.4 is 15.0 Å². The maximum atomic E-state index is 5.39. The van der Waals surface area contributed by atoms with Crippen molar-refractivity contribution in [3.63, 3.8) is 0 Å². The molecule has 140 valence electrons. The van der Waals surface area contributed by atoms with Gasteiger partial charge in [-0.05, 0) is 25.5 Å². The zero-order chi connectivity index (χ0) is 19.1. The molecule has 0 aliphatic rings. The van der Waals surface area contributed by atoms with Crippen LogP contribution in [-0.2, 0) is 13.1 Å². The molecule has 3 rings (SSSR count). The van der Waals surface area contributed by atoms with E-state index >= 15 is 0 Å². The molecule has 27 heavy (non-hydrogen) atoms. The molecule has 1 aromatic heterocycles. The van der Waals surface area contributed by atoms with Gasteiger partial charge in [-0.1, -0.05) is 48.5 Å². The summed E-state index contributed by atoms with van der Waals surface area (Å²) in [5.74, 6) is 2.13. The Morgan fingerprint density at radius 2 is 1.78 bits per heavy atom. The van der Waals surface area contributed by atoms with Crippen LogP contribution in [0.1, 0.15) is 25.0 Å². The van der Waals surface area contributed by atoms with Crippen molar-refractivity contribution in [3.8, 4) is 5.75 Å². The smallest absolute Gasteiger partial charge is 0.244 e. The fraction of sp³-hybridized carbons (Fsp3) is 0.286. The van der Waals surface area contributed by atoms with Gasteiger partial charge >= 0.3 is 0 Å². The Kier molecular flexibility index (Phi) is 6.20. The highest BCUT2D eigenvalue weighted by Gasteiger charge is 2.14. The molecule has 0 fully saturated rings. The minimum absolute atomic E-state index is 0.281. The van der Waals surface area contributed by atoms with Crippen LogP contribution in [-0.4, -0.2) is 28.3 Å². The van der Waals surface area contributed by atoms with Gasteiger partial charge in [-0.2, -0.15) is 10.1 Å². The predicted octanol–water partition coefficient (Wildman–Crippen LogP) is 3.91. The van der Waals surface area contributed by atoms with E-state index in [1.807, 2.05) is 42.5 Å². The van der Waals surface area contributed by atoms with E-state index in [9.17, 15) is 0 Å². The third-order valence-corrected chi connectivity index (χ3v) is 4.29. The van der Waals surface area contributed by atoms with Crippen molar-refractivity contribution in [2.75, 3.05) is 17.3 Å². The first-order valence-corrected chi connectivity index (χ1v) is 9.03. The molecule has 3 aromatic rings. The first kappa shape index (κ1) is 18.6. The van der Waals surface area contributed by atoms with E-state index in [0.717, 1.165) is 23.7 Å². The van der Waals surface area contributed by atoms with Gasteiger partial charge in [-0.25, -0.2) is 0 Å². The average molecular weight is 363 g/mol. The van der Waals surface area contributed by atoms with E-state index in [1.165, 1.54) is 5.56 Å². The molecule has 0 aliphatic heterocycles. The zero-order valence-corrected chi connectivity index (χ0v) is 16.0. The molecule has 0 atom stereocenters. The van der Waals surface area contributed by atoms with E-state index in [-0.39, 0.29) is 6.04 Å². The number of para-hydroxylation sites is 1. The summed E-state index contributed by atoms with van der Waals surface area (Å²) in [4.78, 5) is 6.87. The molecular weight excluding hydrogens is 338 g/mol. The summed E-state index contributed by atoms with van der Waals surface area (Å²) in [6.45, 7) is 5.62. The van der Waals surface area contributed by atoms with E-state index in [2.05, 4.69) is 51.4 Å². The van der Waals surface area contributed by atoms with Crippen LogP contribution in [0.25, 0.3) is 0 Å². The number of rotatable bonds is 8. The molecule has 0 saturated heterocycles. The number of nitrogens with zero attached hydrogens (tertiary/aromatic N) is 4. The van der Waals surface area contributed by atoms with E-state index in [0.29, 0.717) is 12.5 Å². The minimum Gasteiger partial charge on any atom is -0.496 e. The van der Waals surface area contributed by atoms with Gasteiger partial charge in [0.15, 0.2) is 5.82 Å². The number of nitrogens with one attached hydrogen (secondary N) is 1. The normalized spacial score (nSPS) is 10.7. The number of hydrogen-bond donors (Lipinski definition) is 1. The molecule has 6 heteroatoms. The Hall–Kier alpha value is -3.15. The van der Waals surface area contributed by atoms with Crippen molar-refractivity contribution in [1.29, 1.82) is 0 Å². The Labute approximate surface area is 160 Å². The van der Waals surface area contributed by atoms with Crippen molar-refractivity contribution >= 4 is 11.8 Å². The lowest BCUT2D eigenvalue weighted by molar-refractivity contribution is 0.410. The molecule has 0 bridgehead atoms. The average Bonchev–Trinajstić information content (AvgIpc) is 2.71. The van der Waals surface area contributed by atoms with Crippen LogP contribution in [0.4, 0.5) is 11.8 Å². The largest absolute Gasteiger partial charge is 0.496 e. The lowest BCUT2D eigenvalue weighted by Gasteiger charge is -2.27.